The van der Waals surface area contributed by atoms with Crippen LogP contribution in [-0.4, -0.2) is 55.7 Å². The van der Waals surface area contributed by atoms with Crippen LogP contribution in [0.25, 0.3) is 0 Å². The van der Waals surface area contributed by atoms with Gasteiger partial charge in [-0.3, -0.25) is 4.79 Å². The average Bonchev–Trinajstić information content (AvgIpc) is 3.19. The summed E-state index contributed by atoms with van der Waals surface area (Å²) in [6.45, 7) is 3.84. The molecule has 6 nitrogen and oxygen atoms in total. The maximum atomic E-state index is 12.2. The number of rotatable bonds is 8. The second kappa shape index (κ2) is 10.8. The van der Waals surface area contributed by atoms with Crippen LogP contribution in [0.4, 0.5) is 13.2 Å². The number of carbonyl (C=O) groups excluding carboxylic acids is 1. The minimum absolute atomic E-state index is 0.148. The summed E-state index contributed by atoms with van der Waals surface area (Å²) in [4.78, 5) is 18.4. The molecule has 0 spiro atoms. The van der Waals surface area contributed by atoms with Crippen molar-refractivity contribution in [2.45, 2.75) is 38.9 Å². The lowest BCUT2D eigenvalue weighted by Gasteiger charge is -2.16. The van der Waals surface area contributed by atoms with Gasteiger partial charge in [0.25, 0.3) is 0 Å². The van der Waals surface area contributed by atoms with Crippen LogP contribution in [0.3, 0.4) is 0 Å². The molecule has 0 aromatic heterocycles. The fourth-order valence-electron chi connectivity index (χ4n) is 2.78. The van der Waals surface area contributed by atoms with Crippen LogP contribution in [0.15, 0.2) is 29.3 Å². The molecule has 0 radical (unpaired) electrons. The zero-order chi connectivity index (χ0) is 20.4. The molecule has 1 heterocycles. The van der Waals surface area contributed by atoms with Gasteiger partial charge in [0.2, 0.25) is 5.91 Å². The molecule has 1 amide bonds. The molecule has 1 saturated heterocycles. The van der Waals surface area contributed by atoms with Crippen LogP contribution < -0.4 is 15.4 Å². The minimum atomic E-state index is -4.36. The summed E-state index contributed by atoms with van der Waals surface area (Å²) < 4.78 is 41.2. The van der Waals surface area contributed by atoms with E-state index in [9.17, 15) is 18.0 Å². The Kier molecular flexibility index (Phi) is 8.41. The van der Waals surface area contributed by atoms with Crippen LogP contribution in [0, 0.1) is 0 Å². The largest absolute Gasteiger partial charge is 0.484 e. The smallest absolute Gasteiger partial charge is 0.422 e. The molecule has 156 valence electrons. The molecule has 0 atom stereocenters. The van der Waals surface area contributed by atoms with Crippen molar-refractivity contribution in [3.63, 3.8) is 0 Å². The lowest BCUT2D eigenvalue weighted by Crippen LogP contribution is -2.39. The van der Waals surface area contributed by atoms with Gasteiger partial charge in [-0.2, -0.15) is 13.2 Å². The van der Waals surface area contributed by atoms with Crippen molar-refractivity contribution in [1.82, 2.24) is 15.5 Å². The molecule has 2 N–H and O–H groups in total. The summed E-state index contributed by atoms with van der Waals surface area (Å²) in [5, 5.41) is 6.24. The molecule has 2 rings (SSSR count). The highest BCUT2D eigenvalue weighted by molar-refractivity contribution is 5.81. The molecule has 1 fully saturated rings. The summed E-state index contributed by atoms with van der Waals surface area (Å²) in [6, 6.07) is 6.34. The Morgan fingerprint density at radius 2 is 1.86 bits per heavy atom. The van der Waals surface area contributed by atoms with Gasteiger partial charge in [-0.15, -0.1) is 0 Å². The van der Waals surface area contributed by atoms with Crippen LogP contribution in [0.5, 0.6) is 5.75 Å². The van der Waals surface area contributed by atoms with E-state index in [2.05, 4.69) is 20.4 Å². The number of aliphatic imine (C=N–C) groups is 1. The van der Waals surface area contributed by atoms with Gasteiger partial charge in [-0.1, -0.05) is 12.1 Å². The van der Waals surface area contributed by atoms with Gasteiger partial charge < -0.3 is 20.3 Å². The Balaban J connectivity index is 1.79. The number of carbonyl (C=O) groups is 1. The van der Waals surface area contributed by atoms with E-state index < -0.39 is 12.8 Å². The lowest BCUT2D eigenvalue weighted by molar-refractivity contribution is -0.153. The molecule has 0 unspecified atom stereocenters. The summed E-state index contributed by atoms with van der Waals surface area (Å²) in [5.74, 6) is 0.903. The number of benzene rings is 1. The van der Waals surface area contributed by atoms with Gasteiger partial charge in [-0.05, 0) is 37.5 Å². The molecule has 1 aliphatic rings. The Labute approximate surface area is 163 Å². The number of alkyl halides is 3. The third-order valence-corrected chi connectivity index (χ3v) is 4.18. The summed E-state index contributed by atoms with van der Waals surface area (Å²) in [6.07, 6.45) is -1.80. The van der Waals surface area contributed by atoms with Crippen molar-refractivity contribution in [3.05, 3.63) is 29.8 Å². The minimum Gasteiger partial charge on any atom is -0.484 e. The van der Waals surface area contributed by atoms with E-state index in [4.69, 9.17) is 0 Å². The Morgan fingerprint density at radius 1 is 1.18 bits per heavy atom. The van der Waals surface area contributed by atoms with E-state index >= 15 is 0 Å². The fraction of sp³-hybridized carbons (Fsp3) is 0.579. The molecule has 9 heteroatoms. The van der Waals surface area contributed by atoms with E-state index in [0.717, 1.165) is 31.5 Å². The van der Waals surface area contributed by atoms with Crippen LogP contribution in [-0.2, 0) is 11.3 Å². The zero-order valence-electron chi connectivity index (χ0n) is 16.0. The lowest BCUT2D eigenvalue weighted by atomic mass is 10.2. The molecular formula is C19H27F3N4O2. The zero-order valence-corrected chi connectivity index (χ0v) is 16.0. The molecule has 0 bridgehead atoms. The van der Waals surface area contributed by atoms with Gasteiger partial charge >= 0.3 is 6.18 Å². The highest BCUT2D eigenvalue weighted by Crippen LogP contribution is 2.19. The quantitative estimate of drug-likeness (QED) is 0.520. The Bertz CT molecular complexity index is 642. The Hall–Kier alpha value is -2.45. The molecule has 0 saturated carbocycles. The maximum absolute atomic E-state index is 12.2. The average molecular weight is 400 g/mol. The van der Waals surface area contributed by atoms with E-state index in [1.54, 1.807) is 12.1 Å². The van der Waals surface area contributed by atoms with E-state index in [0.29, 0.717) is 32.0 Å². The van der Waals surface area contributed by atoms with Crippen molar-refractivity contribution in [2.75, 3.05) is 32.8 Å². The molecule has 1 aromatic rings. The molecule has 1 aromatic carbocycles. The van der Waals surface area contributed by atoms with Crippen molar-refractivity contribution in [3.8, 4) is 5.75 Å². The van der Waals surface area contributed by atoms with E-state index in [-0.39, 0.29) is 11.7 Å². The number of amides is 1. The third kappa shape index (κ3) is 8.06. The number of nitrogens with zero attached hydrogens (tertiary/aromatic N) is 2. The van der Waals surface area contributed by atoms with Crippen molar-refractivity contribution in [1.29, 1.82) is 0 Å². The number of hydrogen-bond donors (Lipinski definition) is 2. The maximum Gasteiger partial charge on any atom is 0.422 e. The van der Waals surface area contributed by atoms with Crippen LogP contribution >= 0.6 is 0 Å². The summed E-state index contributed by atoms with van der Waals surface area (Å²) >= 11 is 0. The third-order valence-electron chi connectivity index (χ3n) is 4.18. The van der Waals surface area contributed by atoms with E-state index in [1.165, 1.54) is 12.1 Å². The van der Waals surface area contributed by atoms with Crippen molar-refractivity contribution >= 4 is 11.9 Å². The number of halogens is 3. The van der Waals surface area contributed by atoms with Gasteiger partial charge in [0, 0.05) is 32.6 Å². The van der Waals surface area contributed by atoms with Crippen molar-refractivity contribution in [2.24, 2.45) is 4.99 Å². The fourth-order valence-corrected chi connectivity index (χ4v) is 2.78. The predicted molar refractivity (Wildman–Crippen MR) is 101 cm³/mol. The second-order valence-electron chi connectivity index (χ2n) is 6.51. The summed E-state index contributed by atoms with van der Waals surface area (Å²) in [7, 11) is 0. The Morgan fingerprint density at radius 3 is 2.46 bits per heavy atom. The molecular weight excluding hydrogens is 373 g/mol. The molecule has 28 heavy (non-hydrogen) atoms. The number of guanidine groups is 1. The molecule has 1 aliphatic heterocycles. The standard InChI is InChI=1S/C19H27F3N4O2/c1-2-23-18(24-10-9-17(27)26-11-3-4-12-26)25-13-15-5-7-16(8-6-15)28-14-19(20,21)22/h5-8H,2-4,9-14H2,1H3,(H2,23,24,25). The SMILES string of the molecule is CCNC(=NCc1ccc(OCC(F)(F)F)cc1)NCCC(=O)N1CCCC1. The predicted octanol–water partition coefficient (Wildman–Crippen LogP) is 2.70. The van der Waals surface area contributed by atoms with Crippen molar-refractivity contribution < 1.29 is 22.7 Å². The van der Waals surface area contributed by atoms with Gasteiger partial charge in [0.05, 0.1) is 6.54 Å². The number of hydrogen-bond acceptors (Lipinski definition) is 3. The van der Waals surface area contributed by atoms with Gasteiger partial charge in [-0.25, -0.2) is 4.99 Å². The van der Waals surface area contributed by atoms with E-state index in [1.807, 2.05) is 11.8 Å². The second-order valence-corrected chi connectivity index (χ2v) is 6.51. The summed E-state index contributed by atoms with van der Waals surface area (Å²) in [5.41, 5.74) is 0.838. The first-order chi connectivity index (χ1) is 13.4. The van der Waals surface area contributed by atoms with Crippen LogP contribution in [0.1, 0.15) is 31.7 Å². The first-order valence-electron chi connectivity index (χ1n) is 9.46. The highest BCUT2D eigenvalue weighted by Gasteiger charge is 2.28. The number of likely N-dealkylation sites (tertiary alicyclic amines) is 1. The first-order valence-corrected chi connectivity index (χ1v) is 9.46. The number of nitrogens with one attached hydrogen (secondary N) is 2. The molecule has 0 aliphatic carbocycles. The van der Waals surface area contributed by atoms with Gasteiger partial charge in [0.15, 0.2) is 12.6 Å². The topological polar surface area (TPSA) is 66.0 Å². The monoisotopic (exact) mass is 400 g/mol. The highest BCUT2D eigenvalue weighted by atomic mass is 19.4. The first kappa shape index (κ1) is 21.8. The normalized spacial score (nSPS) is 14.9. The van der Waals surface area contributed by atoms with Crippen LogP contribution in [0.2, 0.25) is 0 Å². The number of ether oxygens (including phenoxy) is 1. The van der Waals surface area contributed by atoms with Gasteiger partial charge in [0.1, 0.15) is 5.75 Å².